The molecule has 1 aromatic heterocycles. The molecule has 0 bridgehead atoms. The van der Waals surface area contributed by atoms with E-state index in [2.05, 4.69) is 15.7 Å². The molecule has 0 aliphatic heterocycles. The summed E-state index contributed by atoms with van der Waals surface area (Å²) in [6.07, 6.45) is 2.44. The van der Waals surface area contributed by atoms with Crippen molar-refractivity contribution in [1.29, 1.82) is 0 Å². The van der Waals surface area contributed by atoms with Gasteiger partial charge in [0.1, 0.15) is 0 Å². The fourth-order valence-electron chi connectivity index (χ4n) is 1.50. The van der Waals surface area contributed by atoms with Crippen molar-refractivity contribution in [3.8, 4) is 0 Å². The number of amides is 2. The third-order valence-electron chi connectivity index (χ3n) is 2.67. The molecule has 7 nitrogen and oxygen atoms in total. The van der Waals surface area contributed by atoms with Crippen molar-refractivity contribution in [2.24, 2.45) is 5.92 Å². The molecule has 1 atom stereocenters. The number of carbonyl (C=O) groups excluding carboxylic acids is 1. The van der Waals surface area contributed by atoms with Crippen molar-refractivity contribution < 1.29 is 14.7 Å². The number of carbonyl (C=O) groups is 2. The number of aryl methyl sites for hydroxylation is 1. The van der Waals surface area contributed by atoms with E-state index in [1.54, 1.807) is 16.9 Å². The predicted molar refractivity (Wildman–Crippen MR) is 71.0 cm³/mol. The van der Waals surface area contributed by atoms with Gasteiger partial charge < -0.3 is 10.4 Å². The molecule has 0 aromatic carbocycles. The van der Waals surface area contributed by atoms with E-state index in [1.165, 1.54) is 0 Å². The van der Waals surface area contributed by atoms with Gasteiger partial charge in [-0.2, -0.15) is 5.10 Å². The van der Waals surface area contributed by atoms with Crippen LogP contribution in [0.25, 0.3) is 0 Å². The third-order valence-corrected chi connectivity index (χ3v) is 2.67. The van der Waals surface area contributed by atoms with E-state index >= 15 is 0 Å². The number of aliphatic carboxylic acids is 1. The first kappa shape index (κ1) is 15.0. The average molecular weight is 268 g/mol. The van der Waals surface area contributed by atoms with Gasteiger partial charge in [0, 0.05) is 31.8 Å². The molecule has 106 valence electrons. The monoisotopic (exact) mass is 268 g/mol. The SMILES string of the molecule is CCn1ccc(NC(=O)NCC(C)CCC(=O)O)n1. The number of nitrogens with one attached hydrogen (secondary N) is 2. The lowest BCUT2D eigenvalue weighted by atomic mass is 10.1. The van der Waals surface area contributed by atoms with Gasteiger partial charge in [0.15, 0.2) is 5.82 Å². The summed E-state index contributed by atoms with van der Waals surface area (Å²) >= 11 is 0. The summed E-state index contributed by atoms with van der Waals surface area (Å²) in [4.78, 5) is 22.0. The van der Waals surface area contributed by atoms with Crippen LogP contribution in [-0.2, 0) is 11.3 Å². The summed E-state index contributed by atoms with van der Waals surface area (Å²) < 4.78 is 1.71. The largest absolute Gasteiger partial charge is 0.481 e. The molecule has 1 unspecified atom stereocenters. The fraction of sp³-hybridized carbons (Fsp3) is 0.583. The van der Waals surface area contributed by atoms with Gasteiger partial charge in [-0.25, -0.2) is 4.79 Å². The number of anilines is 1. The number of carboxylic acid groups (broad SMARTS) is 1. The number of nitrogens with zero attached hydrogens (tertiary/aromatic N) is 2. The maximum absolute atomic E-state index is 11.6. The highest BCUT2D eigenvalue weighted by molar-refractivity contribution is 5.88. The molecule has 0 saturated heterocycles. The highest BCUT2D eigenvalue weighted by Gasteiger charge is 2.08. The second-order valence-electron chi connectivity index (χ2n) is 4.43. The summed E-state index contributed by atoms with van der Waals surface area (Å²) in [5, 5.41) is 18.0. The van der Waals surface area contributed by atoms with E-state index in [-0.39, 0.29) is 18.4 Å². The van der Waals surface area contributed by atoms with Crippen LogP contribution in [0.15, 0.2) is 12.3 Å². The average Bonchev–Trinajstić information content (AvgIpc) is 2.81. The normalized spacial score (nSPS) is 11.9. The van der Waals surface area contributed by atoms with Crippen LogP contribution in [0, 0.1) is 5.92 Å². The molecule has 3 N–H and O–H groups in total. The third kappa shape index (κ3) is 5.89. The highest BCUT2D eigenvalue weighted by Crippen LogP contribution is 2.05. The number of rotatable bonds is 7. The van der Waals surface area contributed by atoms with Crippen LogP contribution in [0.4, 0.5) is 10.6 Å². The Hall–Kier alpha value is -2.05. The van der Waals surface area contributed by atoms with Crippen LogP contribution in [0.2, 0.25) is 0 Å². The fourth-order valence-corrected chi connectivity index (χ4v) is 1.50. The zero-order valence-electron chi connectivity index (χ0n) is 11.2. The quantitative estimate of drug-likeness (QED) is 0.698. The van der Waals surface area contributed by atoms with E-state index in [1.807, 2.05) is 13.8 Å². The van der Waals surface area contributed by atoms with E-state index < -0.39 is 5.97 Å². The van der Waals surface area contributed by atoms with Gasteiger partial charge in [0.25, 0.3) is 0 Å². The molecule has 0 aliphatic rings. The molecule has 1 heterocycles. The second-order valence-corrected chi connectivity index (χ2v) is 4.43. The molecule has 1 aromatic rings. The summed E-state index contributed by atoms with van der Waals surface area (Å²) in [5.41, 5.74) is 0. The van der Waals surface area contributed by atoms with Crippen molar-refractivity contribution in [3.05, 3.63) is 12.3 Å². The Morgan fingerprint density at radius 3 is 2.84 bits per heavy atom. The van der Waals surface area contributed by atoms with Gasteiger partial charge in [0.05, 0.1) is 0 Å². The number of carboxylic acids is 1. The van der Waals surface area contributed by atoms with Gasteiger partial charge in [-0.3, -0.25) is 14.8 Å². The van der Waals surface area contributed by atoms with E-state index in [0.29, 0.717) is 18.8 Å². The Morgan fingerprint density at radius 1 is 1.53 bits per heavy atom. The summed E-state index contributed by atoms with van der Waals surface area (Å²) in [7, 11) is 0. The van der Waals surface area contributed by atoms with Crippen molar-refractivity contribution in [1.82, 2.24) is 15.1 Å². The minimum Gasteiger partial charge on any atom is -0.481 e. The van der Waals surface area contributed by atoms with E-state index in [9.17, 15) is 9.59 Å². The Balaban J connectivity index is 2.25. The number of aromatic nitrogens is 2. The summed E-state index contributed by atoms with van der Waals surface area (Å²) in [6, 6.07) is 1.39. The van der Waals surface area contributed by atoms with E-state index in [0.717, 1.165) is 6.54 Å². The maximum atomic E-state index is 11.6. The molecule has 0 aliphatic carbocycles. The molecule has 2 amide bonds. The molecular formula is C12H20N4O3. The van der Waals surface area contributed by atoms with Crippen molar-refractivity contribution in [2.45, 2.75) is 33.2 Å². The topological polar surface area (TPSA) is 96.2 Å². The minimum atomic E-state index is -0.818. The predicted octanol–water partition coefficient (Wildman–Crippen LogP) is 1.53. The lowest BCUT2D eigenvalue weighted by molar-refractivity contribution is -0.137. The van der Waals surface area contributed by atoms with Crippen LogP contribution >= 0.6 is 0 Å². The molecule has 0 saturated carbocycles. The van der Waals surface area contributed by atoms with Crippen LogP contribution in [0.1, 0.15) is 26.7 Å². The van der Waals surface area contributed by atoms with Gasteiger partial charge in [-0.15, -0.1) is 0 Å². The molecule has 1 rings (SSSR count). The van der Waals surface area contributed by atoms with Crippen molar-refractivity contribution >= 4 is 17.8 Å². The zero-order valence-corrected chi connectivity index (χ0v) is 11.2. The zero-order chi connectivity index (χ0) is 14.3. The van der Waals surface area contributed by atoms with Crippen molar-refractivity contribution in [2.75, 3.05) is 11.9 Å². The lowest BCUT2D eigenvalue weighted by Crippen LogP contribution is -2.32. The Bertz CT molecular complexity index is 430. The molecule has 0 spiro atoms. The van der Waals surface area contributed by atoms with Gasteiger partial charge >= 0.3 is 12.0 Å². The highest BCUT2D eigenvalue weighted by atomic mass is 16.4. The van der Waals surface area contributed by atoms with E-state index in [4.69, 9.17) is 5.11 Å². The van der Waals surface area contributed by atoms with Gasteiger partial charge in [0.2, 0.25) is 0 Å². The molecular weight excluding hydrogens is 248 g/mol. The first-order valence-corrected chi connectivity index (χ1v) is 6.31. The second kappa shape index (κ2) is 7.40. The van der Waals surface area contributed by atoms with Crippen molar-refractivity contribution in [3.63, 3.8) is 0 Å². The molecule has 7 heteroatoms. The molecule has 0 radical (unpaired) electrons. The van der Waals surface area contributed by atoms with Crippen LogP contribution in [0.3, 0.4) is 0 Å². The summed E-state index contributed by atoms with van der Waals surface area (Å²) in [5.74, 6) is -0.200. The number of hydrogen-bond acceptors (Lipinski definition) is 3. The standard InChI is InChI=1S/C12H20N4O3/c1-3-16-7-6-10(15-16)14-12(19)13-8-9(2)4-5-11(17)18/h6-7,9H,3-5,8H2,1-2H3,(H,17,18)(H2,13,14,15,19). The lowest BCUT2D eigenvalue weighted by Gasteiger charge is -2.11. The van der Waals surface area contributed by atoms with Crippen LogP contribution in [-0.4, -0.2) is 33.4 Å². The van der Waals surface area contributed by atoms with Crippen LogP contribution in [0.5, 0.6) is 0 Å². The van der Waals surface area contributed by atoms with Gasteiger partial charge in [-0.1, -0.05) is 6.92 Å². The minimum absolute atomic E-state index is 0.116. The smallest absolute Gasteiger partial charge is 0.320 e. The molecule has 19 heavy (non-hydrogen) atoms. The first-order chi connectivity index (χ1) is 9.01. The Morgan fingerprint density at radius 2 is 2.26 bits per heavy atom. The maximum Gasteiger partial charge on any atom is 0.320 e. The number of urea groups is 1. The van der Waals surface area contributed by atoms with Crippen LogP contribution < -0.4 is 10.6 Å². The Labute approximate surface area is 112 Å². The number of hydrogen-bond donors (Lipinski definition) is 3. The Kier molecular flexibility index (Phi) is 5.84. The first-order valence-electron chi connectivity index (χ1n) is 6.31. The summed E-state index contributed by atoms with van der Waals surface area (Å²) in [6.45, 7) is 5.04. The molecule has 0 fully saturated rings. The van der Waals surface area contributed by atoms with Gasteiger partial charge in [-0.05, 0) is 19.3 Å².